The molecule has 0 fully saturated rings. The SMILES string of the molecule is O=C(O)c1co[c-]n1. The molecular formula is C4H2NO3-. The lowest BCUT2D eigenvalue weighted by Gasteiger charge is -1.85. The normalized spacial score (nSPS) is 9.00. The molecule has 0 aliphatic carbocycles. The van der Waals surface area contributed by atoms with Crippen LogP contribution in [0, 0.1) is 6.39 Å². The van der Waals surface area contributed by atoms with Gasteiger partial charge < -0.3 is 14.5 Å². The molecule has 0 aromatic carbocycles. The monoisotopic (exact) mass is 112 g/mol. The second-order valence-corrected chi connectivity index (χ2v) is 1.13. The molecule has 1 N–H and O–H groups in total. The Morgan fingerprint density at radius 2 is 2.75 bits per heavy atom. The van der Waals surface area contributed by atoms with Crippen molar-refractivity contribution in [3.63, 3.8) is 0 Å². The second-order valence-electron chi connectivity index (χ2n) is 1.13. The summed E-state index contributed by atoms with van der Waals surface area (Å²) in [6, 6.07) is 0. The summed E-state index contributed by atoms with van der Waals surface area (Å²) in [6.45, 7) is 0. The Balaban J connectivity index is 2.93. The molecule has 42 valence electrons. The van der Waals surface area contributed by atoms with Crippen molar-refractivity contribution >= 4 is 5.97 Å². The van der Waals surface area contributed by atoms with Gasteiger partial charge in [0.15, 0.2) is 0 Å². The van der Waals surface area contributed by atoms with Gasteiger partial charge in [-0.15, -0.1) is 0 Å². The predicted molar refractivity (Wildman–Crippen MR) is 22.3 cm³/mol. The van der Waals surface area contributed by atoms with Crippen LogP contribution in [0.1, 0.15) is 10.5 Å². The molecule has 4 nitrogen and oxygen atoms in total. The van der Waals surface area contributed by atoms with Crippen molar-refractivity contribution < 1.29 is 14.3 Å². The predicted octanol–water partition coefficient (Wildman–Crippen LogP) is 0.173. The van der Waals surface area contributed by atoms with Crippen LogP contribution in [0.5, 0.6) is 0 Å². The molecule has 1 aromatic rings. The van der Waals surface area contributed by atoms with Gasteiger partial charge in [0.25, 0.3) is 5.97 Å². The Hall–Kier alpha value is -1.32. The minimum absolute atomic E-state index is 0.120. The third-order valence-electron chi connectivity index (χ3n) is 0.608. The van der Waals surface area contributed by atoms with E-state index in [1.54, 1.807) is 0 Å². The standard InChI is InChI=1S/C4H2NO3/c6-4(7)3-1-8-2-5-3/h1H,(H,6,7)/q-1. The summed E-state index contributed by atoms with van der Waals surface area (Å²) in [5.41, 5.74) is -0.120. The zero-order valence-corrected chi connectivity index (χ0v) is 3.79. The summed E-state index contributed by atoms with van der Waals surface area (Å²) in [7, 11) is 0. The first-order chi connectivity index (χ1) is 3.80. The quantitative estimate of drug-likeness (QED) is 0.526. The van der Waals surface area contributed by atoms with Gasteiger partial charge in [0, 0.05) is 5.69 Å². The van der Waals surface area contributed by atoms with Crippen LogP contribution >= 0.6 is 0 Å². The Labute approximate surface area is 44.8 Å². The minimum atomic E-state index is -1.10. The Morgan fingerprint density at radius 1 is 2.00 bits per heavy atom. The van der Waals surface area contributed by atoms with Crippen LogP contribution in [-0.4, -0.2) is 16.1 Å². The Bertz CT molecular complexity index is 179. The summed E-state index contributed by atoms with van der Waals surface area (Å²) in [5.74, 6) is -1.10. The Kier molecular flexibility index (Phi) is 0.997. The Morgan fingerprint density at radius 3 is 3.00 bits per heavy atom. The molecule has 0 aliphatic rings. The van der Waals surface area contributed by atoms with E-state index in [9.17, 15) is 4.79 Å². The zero-order valence-electron chi connectivity index (χ0n) is 3.79. The lowest BCUT2D eigenvalue weighted by atomic mass is 10.5. The zero-order chi connectivity index (χ0) is 5.98. The number of oxazole rings is 1. The molecule has 0 saturated carbocycles. The number of aromatic carboxylic acids is 1. The largest absolute Gasteiger partial charge is 0.581 e. The van der Waals surface area contributed by atoms with Crippen LogP contribution < -0.4 is 0 Å². The molecule has 0 atom stereocenters. The molecule has 1 aromatic heterocycles. The van der Waals surface area contributed by atoms with Crippen LogP contribution in [0.2, 0.25) is 0 Å². The lowest BCUT2D eigenvalue weighted by Crippen LogP contribution is -1.94. The van der Waals surface area contributed by atoms with E-state index >= 15 is 0 Å². The molecule has 0 amide bonds. The molecule has 8 heavy (non-hydrogen) atoms. The van der Waals surface area contributed by atoms with Gasteiger partial charge in [0.05, 0.1) is 0 Å². The average molecular weight is 112 g/mol. The molecule has 0 saturated heterocycles. The van der Waals surface area contributed by atoms with Crippen LogP contribution in [0.15, 0.2) is 10.7 Å². The fourth-order valence-corrected chi connectivity index (χ4v) is 0.282. The van der Waals surface area contributed by atoms with Gasteiger partial charge in [-0.3, -0.25) is 4.79 Å². The number of nitrogens with zero attached hydrogens (tertiary/aromatic N) is 1. The molecule has 1 rings (SSSR count). The lowest BCUT2D eigenvalue weighted by molar-refractivity contribution is 0.0690. The first-order valence-corrected chi connectivity index (χ1v) is 1.85. The highest BCUT2D eigenvalue weighted by Gasteiger charge is 1.91. The highest BCUT2D eigenvalue weighted by molar-refractivity contribution is 5.84. The molecule has 1 heterocycles. The van der Waals surface area contributed by atoms with Crippen molar-refractivity contribution in [2.24, 2.45) is 0 Å². The van der Waals surface area contributed by atoms with Crippen LogP contribution in [0.4, 0.5) is 0 Å². The van der Waals surface area contributed by atoms with Gasteiger partial charge in [0.1, 0.15) is 6.39 Å². The maximum atomic E-state index is 9.92. The van der Waals surface area contributed by atoms with E-state index in [-0.39, 0.29) is 5.69 Å². The van der Waals surface area contributed by atoms with Gasteiger partial charge in [0.2, 0.25) is 0 Å². The van der Waals surface area contributed by atoms with Gasteiger partial charge >= 0.3 is 0 Å². The number of hydrogen-bond acceptors (Lipinski definition) is 3. The summed E-state index contributed by atoms with van der Waals surface area (Å²) >= 11 is 0. The van der Waals surface area contributed by atoms with Crippen molar-refractivity contribution in [3.05, 3.63) is 18.4 Å². The van der Waals surface area contributed by atoms with E-state index in [0.29, 0.717) is 0 Å². The summed E-state index contributed by atoms with van der Waals surface area (Å²) in [5, 5.41) is 8.13. The fourth-order valence-electron chi connectivity index (χ4n) is 0.282. The molecule has 4 heteroatoms. The third kappa shape index (κ3) is 0.676. The van der Waals surface area contributed by atoms with Crippen LogP contribution in [0.3, 0.4) is 0 Å². The van der Waals surface area contributed by atoms with Gasteiger partial charge in [-0.25, -0.2) is 0 Å². The van der Waals surface area contributed by atoms with Gasteiger partial charge in [-0.2, -0.15) is 0 Å². The topological polar surface area (TPSA) is 63.3 Å². The number of carboxylic acids is 1. The van der Waals surface area contributed by atoms with E-state index in [0.717, 1.165) is 6.26 Å². The molecule has 0 unspecified atom stereocenters. The van der Waals surface area contributed by atoms with Gasteiger partial charge in [-0.1, -0.05) is 0 Å². The van der Waals surface area contributed by atoms with E-state index in [1.807, 2.05) is 6.39 Å². The van der Waals surface area contributed by atoms with E-state index in [2.05, 4.69) is 9.40 Å². The van der Waals surface area contributed by atoms with E-state index in [4.69, 9.17) is 5.11 Å². The third-order valence-corrected chi connectivity index (χ3v) is 0.608. The van der Waals surface area contributed by atoms with Crippen molar-refractivity contribution in [1.82, 2.24) is 4.98 Å². The number of carboxylic acid groups (broad SMARTS) is 1. The maximum absolute atomic E-state index is 9.92. The molecular weight excluding hydrogens is 110 g/mol. The van der Waals surface area contributed by atoms with Crippen molar-refractivity contribution in [1.29, 1.82) is 0 Å². The summed E-state index contributed by atoms with van der Waals surface area (Å²) < 4.78 is 4.26. The second kappa shape index (κ2) is 1.65. The number of rotatable bonds is 1. The van der Waals surface area contributed by atoms with Crippen molar-refractivity contribution in [2.45, 2.75) is 0 Å². The van der Waals surface area contributed by atoms with E-state index in [1.165, 1.54) is 0 Å². The summed E-state index contributed by atoms with van der Waals surface area (Å²) in [4.78, 5) is 13.1. The van der Waals surface area contributed by atoms with Crippen molar-refractivity contribution in [2.75, 3.05) is 0 Å². The van der Waals surface area contributed by atoms with Crippen molar-refractivity contribution in [3.8, 4) is 0 Å². The van der Waals surface area contributed by atoms with E-state index < -0.39 is 5.97 Å². The fraction of sp³-hybridized carbons (Fsp3) is 0. The van der Waals surface area contributed by atoms with Gasteiger partial charge in [-0.05, 0) is 6.26 Å². The first-order valence-electron chi connectivity index (χ1n) is 1.85. The highest BCUT2D eigenvalue weighted by Crippen LogP contribution is 1.90. The summed E-state index contributed by atoms with van der Waals surface area (Å²) in [6.07, 6.45) is 3.02. The minimum Gasteiger partial charge on any atom is -0.581 e. The molecule has 0 radical (unpaired) electrons. The average Bonchev–Trinajstić information content (AvgIpc) is 2.12. The van der Waals surface area contributed by atoms with Crippen LogP contribution in [-0.2, 0) is 0 Å². The maximum Gasteiger partial charge on any atom is 0.288 e. The first kappa shape index (κ1) is 4.83. The smallest absolute Gasteiger partial charge is 0.288 e. The number of hydrogen-bond donors (Lipinski definition) is 1. The molecule has 0 spiro atoms. The molecule has 0 bridgehead atoms. The number of aromatic nitrogens is 1. The van der Waals surface area contributed by atoms with Crippen LogP contribution in [0.25, 0.3) is 0 Å². The molecule has 0 aliphatic heterocycles. The highest BCUT2D eigenvalue weighted by atomic mass is 16.4. The number of carbonyl (C=O) groups is 1.